The Morgan fingerprint density at radius 2 is 2.00 bits per heavy atom. The van der Waals surface area contributed by atoms with Crippen molar-refractivity contribution < 1.29 is 9.59 Å². The molecule has 0 radical (unpaired) electrons. The lowest BCUT2D eigenvalue weighted by Crippen LogP contribution is -2.26. The molecular formula is C18H18N2O2S2. The first-order valence-electron chi connectivity index (χ1n) is 7.60. The van der Waals surface area contributed by atoms with Crippen molar-refractivity contribution in [2.75, 3.05) is 12.3 Å². The molecule has 0 bridgehead atoms. The van der Waals surface area contributed by atoms with Crippen molar-refractivity contribution >= 4 is 34.8 Å². The van der Waals surface area contributed by atoms with Gasteiger partial charge in [-0.1, -0.05) is 24.3 Å². The SMILES string of the molecule is N#Cc1ccccc1CSCCNC(=O)CCC(=O)c1cccs1. The maximum absolute atomic E-state index is 11.8. The molecule has 0 fully saturated rings. The van der Waals surface area contributed by atoms with Crippen LogP contribution in [0.3, 0.4) is 0 Å². The number of carbonyl (C=O) groups is 2. The van der Waals surface area contributed by atoms with Gasteiger partial charge >= 0.3 is 0 Å². The Bertz CT molecular complexity index is 721. The Morgan fingerprint density at radius 1 is 1.17 bits per heavy atom. The first kappa shape index (κ1) is 18.2. The van der Waals surface area contributed by atoms with Crippen molar-refractivity contribution in [2.24, 2.45) is 0 Å². The fourth-order valence-corrected chi connectivity index (χ4v) is 3.63. The number of hydrogen-bond donors (Lipinski definition) is 1. The molecule has 0 unspecified atom stereocenters. The number of carbonyl (C=O) groups excluding carboxylic acids is 2. The van der Waals surface area contributed by atoms with Crippen LogP contribution in [0.15, 0.2) is 41.8 Å². The van der Waals surface area contributed by atoms with Crippen LogP contribution in [0, 0.1) is 11.3 Å². The fraction of sp³-hybridized carbons (Fsp3) is 0.278. The first-order chi connectivity index (χ1) is 11.7. The molecule has 2 aromatic rings. The second-order valence-electron chi connectivity index (χ2n) is 5.07. The third-order valence-corrected chi connectivity index (χ3v) is 5.26. The number of nitriles is 1. The fourth-order valence-electron chi connectivity index (χ4n) is 2.08. The van der Waals surface area contributed by atoms with Gasteiger partial charge in [0, 0.05) is 30.9 Å². The number of Topliss-reactive ketones (excluding diaryl/α,β-unsaturated/α-hetero) is 1. The predicted molar refractivity (Wildman–Crippen MR) is 98.2 cm³/mol. The van der Waals surface area contributed by atoms with E-state index in [1.165, 1.54) is 11.3 Å². The summed E-state index contributed by atoms with van der Waals surface area (Å²) in [6.45, 7) is 0.561. The summed E-state index contributed by atoms with van der Waals surface area (Å²) in [4.78, 5) is 24.2. The van der Waals surface area contributed by atoms with Crippen LogP contribution in [0.2, 0.25) is 0 Å². The lowest BCUT2D eigenvalue weighted by Gasteiger charge is -2.06. The normalized spacial score (nSPS) is 10.1. The molecule has 0 aliphatic rings. The predicted octanol–water partition coefficient (Wildman–Crippen LogP) is 3.63. The van der Waals surface area contributed by atoms with E-state index in [0.29, 0.717) is 17.0 Å². The Morgan fingerprint density at radius 3 is 2.75 bits per heavy atom. The number of amides is 1. The number of ketones is 1. The Kier molecular flexibility index (Phi) is 7.53. The molecule has 0 saturated carbocycles. The van der Waals surface area contributed by atoms with Crippen molar-refractivity contribution in [3.8, 4) is 6.07 Å². The van der Waals surface area contributed by atoms with E-state index < -0.39 is 0 Å². The van der Waals surface area contributed by atoms with Crippen LogP contribution in [-0.4, -0.2) is 24.0 Å². The summed E-state index contributed by atoms with van der Waals surface area (Å²) >= 11 is 3.07. The van der Waals surface area contributed by atoms with Crippen LogP contribution in [0.5, 0.6) is 0 Å². The second kappa shape index (κ2) is 9.91. The summed E-state index contributed by atoms with van der Waals surface area (Å²) in [5.74, 6) is 1.43. The van der Waals surface area contributed by atoms with Gasteiger partial charge in [0.2, 0.25) is 5.91 Å². The van der Waals surface area contributed by atoms with E-state index in [1.807, 2.05) is 35.7 Å². The van der Waals surface area contributed by atoms with Crippen LogP contribution >= 0.6 is 23.1 Å². The maximum atomic E-state index is 11.8. The average Bonchev–Trinajstić information content (AvgIpc) is 3.14. The summed E-state index contributed by atoms with van der Waals surface area (Å²) < 4.78 is 0. The maximum Gasteiger partial charge on any atom is 0.220 e. The van der Waals surface area contributed by atoms with Crippen molar-refractivity contribution in [3.63, 3.8) is 0 Å². The van der Waals surface area contributed by atoms with Gasteiger partial charge in [-0.3, -0.25) is 9.59 Å². The van der Waals surface area contributed by atoms with Crippen LogP contribution in [0.4, 0.5) is 0 Å². The highest BCUT2D eigenvalue weighted by atomic mass is 32.2. The van der Waals surface area contributed by atoms with E-state index in [-0.39, 0.29) is 24.5 Å². The number of thioether (sulfide) groups is 1. The van der Waals surface area contributed by atoms with Gasteiger partial charge < -0.3 is 5.32 Å². The van der Waals surface area contributed by atoms with Crippen LogP contribution in [0.1, 0.15) is 33.6 Å². The highest BCUT2D eigenvalue weighted by Gasteiger charge is 2.09. The third kappa shape index (κ3) is 5.84. The Hall–Kier alpha value is -2.10. The van der Waals surface area contributed by atoms with Gasteiger partial charge in [0.25, 0.3) is 0 Å². The molecule has 124 valence electrons. The summed E-state index contributed by atoms with van der Waals surface area (Å²) in [6, 6.07) is 13.3. The number of benzene rings is 1. The first-order valence-corrected chi connectivity index (χ1v) is 9.63. The monoisotopic (exact) mass is 358 g/mol. The topological polar surface area (TPSA) is 70.0 Å². The van der Waals surface area contributed by atoms with E-state index in [1.54, 1.807) is 17.8 Å². The van der Waals surface area contributed by atoms with Crippen LogP contribution in [0.25, 0.3) is 0 Å². The zero-order valence-corrected chi connectivity index (χ0v) is 14.8. The van der Waals surface area contributed by atoms with E-state index >= 15 is 0 Å². The third-order valence-electron chi connectivity index (χ3n) is 3.34. The van der Waals surface area contributed by atoms with Crippen molar-refractivity contribution in [1.82, 2.24) is 5.32 Å². The Labute approximate surface area is 149 Å². The number of nitrogens with zero attached hydrogens (tertiary/aromatic N) is 1. The van der Waals surface area contributed by atoms with E-state index in [9.17, 15) is 9.59 Å². The van der Waals surface area contributed by atoms with Gasteiger partial charge in [-0.05, 0) is 23.1 Å². The number of nitrogens with one attached hydrogen (secondary N) is 1. The van der Waals surface area contributed by atoms with E-state index in [4.69, 9.17) is 5.26 Å². The summed E-state index contributed by atoms with van der Waals surface area (Å²) in [6.07, 6.45) is 0.466. The van der Waals surface area contributed by atoms with Gasteiger partial charge in [0.15, 0.2) is 5.78 Å². The zero-order chi connectivity index (χ0) is 17.2. The van der Waals surface area contributed by atoms with Crippen molar-refractivity contribution in [2.45, 2.75) is 18.6 Å². The number of rotatable bonds is 9. The van der Waals surface area contributed by atoms with Gasteiger partial charge in [0.05, 0.1) is 16.5 Å². The van der Waals surface area contributed by atoms with E-state index in [2.05, 4.69) is 11.4 Å². The minimum atomic E-state index is -0.0991. The lowest BCUT2D eigenvalue weighted by atomic mass is 10.1. The number of hydrogen-bond acceptors (Lipinski definition) is 5. The molecule has 1 aromatic carbocycles. The summed E-state index contributed by atoms with van der Waals surface area (Å²) in [5.41, 5.74) is 1.71. The molecule has 6 heteroatoms. The van der Waals surface area contributed by atoms with Gasteiger partial charge in [-0.2, -0.15) is 17.0 Å². The second-order valence-corrected chi connectivity index (χ2v) is 7.12. The summed E-state index contributed by atoms with van der Waals surface area (Å²) in [5, 5.41) is 13.7. The highest BCUT2D eigenvalue weighted by Crippen LogP contribution is 2.15. The molecule has 0 aliphatic carbocycles. The minimum Gasteiger partial charge on any atom is -0.355 e. The molecule has 1 aromatic heterocycles. The molecule has 24 heavy (non-hydrogen) atoms. The largest absolute Gasteiger partial charge is 0.355 e. The highest BCUT2D eigenvalue weighted by molar-refractivity contribution is 7.98. The van der Waals surface area contributed by atoms with Crippen molar-refractivity contribution in [3.05, 3.63) is 57.8 Å². The van der Waals surface area contributed by atoms with Crippen LogP contribution < -0.4 is 5.32 Å². The quantitative estimate of drug-likeness (QED) is 0.549. The molecule has 1 amide bonds. The summed E-state index contributed by atoms with van der Waals surface area (Å²) in [7, 11) is 0. The lowest BCUT2D eigenvalue weighted by molar-refractivity contribution is -0.120. The van der Waals surface area contributed by atoms with Crippen molar-refractivity contribution in [1.29, 1.82) is 5.26 Å². The molecule has 1 heterocycles. The van der Waals surface area contributed by atoms with Gasteiger partial charge in [0.1, 0.15) is 0 Å². The molecule has 0 atom stereocenters. The van der Waals surface area contributed by atoms with Gasteiger partial charge in [-0.15, -0.1) is 11.3 Å². The molecule has 0 saturated heterocycles. The average molecular weight is 358 g/mol. The molecule has 0 aliphatic heterocycles. The minimum absolute atomic E-state index is 0.0163. The molecule has 1 N–H and O–H groups in total. The van der Waals surface area contributed by atoms with Crippen LogP contribution in [-0.2, 0) is 10.5 Å². The standard InChI is InChI=1S/C18H18N2O2S2/c19-12-14-4-1-2-5-15(14)13-23-11-9-20-18(22)8-7-16(21)17-6-3-10-24-17/h1-6,10H,7-9,11,13H2,(H,20,22). The zero-order valence-electron chi connectivity index (χ0n) is 13.2. The molecule has 2 rings (SSSR count). The van der Waals surface area contributed by atoms with Gasteiger partial charge in [-0.25, -0.2) is 0 Å². The molecule has 4 nitrogen and oxygen atoms in total. The Balaban J connectivity index is 1.59. The van der Waals surface area contributed by atoms with E-state index in [0.717, 1.165) is 17.1 Å². The number of thiophene rings is 1. The molecule has 0 spiro atoms. The molecular weight excluding hydrogens is 340 g/mol. The smallest absolute Gasteiger partial charge is 0.220 e.